The SMILES string of the molecule is Cc1ccc(N(C)C(CN)c2ccncn2)c(C)c1. The molecule has 0 saturated carbocycles. The van der Waals surface area contributed by atoms with E-state index in [1.54, 1.807) is 12.5 Å². The zero-order chi connectivity index (χ0) is 13.8. The summed E-state index contributed by atoms with van der Waals surface area (Å²) < 4.78 is 0. The number of aryl methyl sites for hydroxylation is 2. The highest BCUT2D eigenvalue weighted by Gasteiger charge is 2.18. The molecule has 4 nitrogen and oxygen atoms in total. The van der Waals surface area contributed by atoms with Crippen LogP contribution in [0.15, 0.2) is 36.8 Å². The molecule has 0 spiro atoms. The van der Waals surface area contributed by atoms with Crippen LogP contribution in [0.1, 0.15) is 22.9 Å². The van der Waals surface area contributed by atoms with E-state index in [1.807, 2.05) is 6.07 Å². The van der Waals surface area contributed by atoms with E-state index in [4.69, 9.17) is 5.73 Å². The van der Waals surface area contributed by atoms with Gasteiger partial charge in [0.2, 0.25) is 0 Å². The zero-order valence-corrected chi connectivity index (χ0v) is 11.7. The van der Waals surface area contributed by atoms with Crippen molar-refractivity contribution < 1.29 is 0 Å². The Hall–Kier alpha value is -1.94. The van der Waals surface area contributed by atoms with Gasteiger partial charge in [0.05, 0.1) is 11.7 Å². The maximum atomic E-state index is 5.92. The van der Waals surface area contributed by atoms with Crippen LogP contribution in [0, 0.1) is 13.8 Å². The number of nitrogens with two attached hydrogens (primary N) is 1. The van der Waals surface area contributed by atoms with Gasteiger partial charge in [-0.05, 0) is 31.5 Å². The summed E-state index contributed by atoms with van der Waals surface area (Å²) in [5.74, 6) is 0. The molecule has 0 fully saturated rings. The normalized spacial score (nSPS) is 12.2. The first-order valence-electron chi connectivity index (χ1n) is 6.39. The van der Waals surface area contributed by atoms with Gasteiger partial charge in [-0.25, -0.2) is 9.97 Å². The molecule has 0 aliphatic carbocycles. The van der Waals surface area contributed by atoms with Crippen LogP contribution >= 0.6 is 0 Å². The Bertz CT molecular complexity index is 539. The summed E-state index contributed by atoms with van der Waals surface area (Å²) in [6, 6.07) is 8.40. The standard InChI is InChI=1S/C15H20N4/c1-11-4-5-14(12(2)8-11)19(3)15(9-16)13-6-7-17-10-18-13/h4-8,10,15H,9,16H2,1-3H3. The Morgan fingerprint density at radius 1 is 1.26 bits per heavy atom. The molecule has 19 heavy (non-hydrogen) atoms. The first kappa shape index (κ1) is 13.5. The minimum absolute atomic E-state index is 0.0596. The Morgan fingerprint density at radius 3 is 2.63 bits per heavy atom. The van der Waals surface area contributed by atoms with Crippen molar-refractivity contribution in [2.75, 3.05) is 18.5 Å². The van der Waals surface area contributed by atoms with Crippen LogP contribution in [0.4, 0.5) is 5.69 Å². The van der Waals surface area contributed by atoms with Crippen molar-refractivity contribution in [2.24, 2.45) is 5.73 Å². The quantitative estimate of drug-likeness (QED) is 0.911. The van der Waals surface area contributed by atoms with E-state index in [1.165, 1.54) is 16.8 Å². The van der Waals surface area contributed by atoms with Crippen LogP contribution in [0.3, 0.4) is 0 Å². The van der Waals surface area contributed by atoms with E-state index in [9.17, 15) is 0 Å². The fourth-order valence-corrected chi connectivity index (χ4v) is 2.34. The zero-order valence-electron chi connectivity index (χ0n) is 11.7. The van der Waals surface area contributed by atoms with E-state index in [0.717, 1.165) is 5.69 Å². The van der Waals surface area contributed by atoms with Gasteiger partial charge in [-0.15, -0.1) is 0 Å². The highest BCUT2D eigenvalue weighted by molar-refractivity contribution is 5.55. The van der Waals surface area contributed by atoms with Crippen molar-refractivity contribution in [2.45, 2.75) is 19.9 Å². The van der Waals surface area contributed by atoms with Gasteiger partial charge in [0, 0.05) is 25.5 Å². The smallest absolute Gasteiger partial charge is 0.115 e. The third-order valence-corrected chi connectivity index (χ3v) is 3.37. The van der Waals surface area contributed by atoms with Gasteiger partial charge in [-0.3, -0.25) is 0 Å². The predicted octanol–water partition coefficient (Wildman–Crippen LogP) is 2.23. The van der Waals surface area contributed by atoms with Crippen molar-refractivity contribution in [1.82, 2.24) is 9.97 Å². The summed E-state index contributed by atoms with van der Waals surface area (Å²) in [5.41, 5.74) is 10.6. The minimum Gasteiger partial charge on any atom is -0.364 e. The van der Waals surface area contributed by atoms with E-state index in [2.05, 4.69) is 54.0 Å². The number of benzene rings is 1. The van der Waals surface area contributed by atoms with Gasteiger partial charge in [0.15, 0.2) is 0 Å². The Morgan fingerprint density at radius 2 is 2.05 bits per heavy atom. The van der Waals surface area contributed by atoms with Gasteiger partial charge >= 0.3 is 0 Å². The topological polar surface area (TPSA) is 55.0 Å². The molecule has 1 heterocycles. The molecule has 0 saturated heterocycles. The molecule has 1 aromatic carbocycles. The summed E-state index contributed by atoms with van der Waals surface area (Å²) in [4.78, 5) is 10.4. The first-order chi connectivity index (χ1) is 9.13. The molecular formula is C15H20N4. The molecule has 0 radical (unpaired) electrons. The van der Waals surface area contributed by atoms with E-state index in [-0.39, 0.29) is 6.04 Å². The van der Waals surface area contributed by atoms with Gasteiger partial charge < -0.3 is 10.6 Å². The van der Waals surface area contributed by atoms with Crippen molar-refractivity contribution in [3.8, 4) is 0 Å². The molecule has 0 amide bonds. The largest absolute Gasteiger partial charge is 0.364 e. The van der Waals surface area contributed by atoms with Crippen LogP contribution in [-0.4, -0.2) is 23.6 Å². The number of hydrogen-bond donors (Lipinski definition) is 1. The van der Waals surface area contributed by atoms with E-state index in [0.29, 0.717) is 6.54 Å². The molecule has 1 atom stereocenters. The number of nitrogens with zero attached hydrogens (tertiary/aromatic N) is 3. The molecule has 2 rings (SSSR count). The molecule has 1 unspecified atom stereocenters. The summed E-state index contributed by atoms with van der Waals surface area (Å²) in [6.45, 7) is 4.73. The predicted molar refractivity (Wildman–Crippen MR) is 78.1 cm³/mol. The number of anilines is 1. The molecular weight excluding hydrogens is 236 g/mol. The Kier molecular flexibility index (Phi) is 4.12. The lowest BCUT2D eigenvalue weighted by atomic mass is 10.1. The number of rotatable bonds is 4. The van der Waals surface area contributed by atoms with Gasteiger partial charge in [-0.1, -0.05) is 17.7 Å². The lowest BCUT2D eigenvalue weighted by Gasteiger charge is -2.30. The van der Waals surface area contributed by atoms with Crippen molar-refractivity contribution >= 4 is 5.69 Å². The van der Waals surface area contributed by atoms with Gasteiger partial charge in [0.1, 0.15) is 6.33 Å². The highest BCUT2D eigenvalue weighted by Crippen LogP contribution is 2.27. The summed E-state index contributed by atoms with van der Waals surface area (Å²) in [6.07, 6.45) is 3.31. The average Bonchev–Trinajstić information content (AvgIpc) is 2.40. The fourth-order valence-electron chi connectivity index (χ4n) is 2.34. The number of hydrogen-bond acceptors (Lipinski definition) is 4. The van der Waals surface area contributed by atoms with Gasteiger partial charge in [0.25, 0.3) is 0 Å². The maximum Gasteiger partial charge on any atom is 0.115 e. The number of aromatic nitrogens is 2. The molecule has 0 bridgehead atoms. The number of likely N-dealkylation sites (N-methyl/N-ethyl adjacent to an activating group) is 1. The molecule has 0 aliphatic heterocycles. The van der Waals surface area contributed by atoms with Crippen LogP contribution in [0.5, 0.6) is 0 Å². The average molecular weight is 256 g/mol. The second kappa shape index (κ2) is 5.80. The van der Waals surface area contributed by atoms with Crippen LogP contribution in [0.2, 0.25) is 0 Å². The Balaban J connectivity index is 2.33. The van der Waals surface area contributed by atoms with Crippen LogP contribution in [0.25, 0.3) is 0 Å². The second-order valence-electron chi connectivity index (χ2n) is 4.79. The lowest BCUT2D eigenvalue weighted by molar-refractivity contribution is 0.656. The molecule has 2 N–H and O–H groups in total. The monoisotopic (exact) mass is 256 g/mol. The summed E-state index contributed by atoms with van der Waals surface area (Å²) >= 11 is 0. The lowest BCUT2D eigenvalue weighted by Crippen LogP contribution is -2.31. The minimum atomic E-state index is 0.0596. The molecule has 2 aromatic rings. The first-order valence-corrected chi connectivity index (χ1v) is 6.39. The molecule has 1 aromatic heterocycles. The maximum absolute atomic E-state index is 5.92. The van der Waals surface area contributed by atoms with Crippen molar-refractivity contribution in [3.63, 3.8) is 0 Å². The summed E-state index contributed by atoms with van der Waals surface area (Å²) in [7, 11) is 2.05. The molecule has 0 aliphatic rings. The molecule has 4 heteroatoms. The van der Waals surface area contributed by atoms with Crippen molar-refractivity contribution in [3.05, 3.63) is 53.6 Å². The van der Waals surface area contributed by atoms with Gasteiger partial charge in [-0.2, -0.15) is 0 Å². The van der Waals surface area contributed by atoms with E-state index >= 15 is 0 Å². The summed E-state index contributed by atoms with van der Waals surface area (Å²) in [5, 5.41) is 0. The molecule has 100 valence electrons. The van der Waals surface area contributed by atoms with Crippen molar-refractivity contribution in [1.29, 1.82) is 0 Å². The second-order valence-corrected chi connectivity index (χ2v) is 4.79. The van der Waals surface area contributed by atoms with E-state index < -0.39 is 0 Å². The van der Waals surface area contributed by atoms with Crippen LogP contribution in [-0.2, 0) is 0 Å². The third kappa shape index (κ3) is 2.90. The Labute approximate surface area is 114 Å². The highest BCUT2D eigenvalue weighted by atomic mass is 15.2. The fraction of sp³-hybridized carbons (Fsp3) is 0.333. The third-order valence-electron chi connectivity index (χ3n) is 3.37. The van der Waals surface area contributed by atoms with Crippen LogP contribution < -0.4 is 10.6 Å².